The molecule has 100 valence electrons. The summed E-state index contributed by atoms with van der Waals surface area (Å²) in [6, 6.07) is 9.82. The van der Waals surface area contributed by atoms with E-state index in [2.05, 4.69) is 29.5 Å². The van der Waals surface area contributed by atoms with Crippen molar-refractivity contribution in [2.45, 2.75) is 20.3 Å². The predicted octanol–water partition coefficient (Wildman–Crippen LogP) is 2.03. The van der Waals surface area contributed by atoms with E-state index in [4.69, 9.17) is 4.74 Å². The van der Waals surface area contributed by atoms with Gasteiger partial charge < -0.3 is 15.4 Å². The van der Waals surface area contributed by atoms with E-state index in [1.807, 2.05) is 30.3 Å². The molecule has 0 unspecified atom stereocenters. The van der Waals surface area contributed by atoms with Crippen LogP contribution in [0.3, 0.4) is 0 Å². The quantitative estimate of drug-likeness (QED) is 0.441. The van der Waals surface area contributed by atoms with Crippen LogP contribution in [0.25, 0.3) is 0 Å². The van der Waals surface area contributed by atoms with E-state index >= 15 is 0 Å². The summed E-state index contributed by atoms with van der Waals surface area (Å²) in [7, 11) is 0. The van der Waals surface area contributed by atoms with Crippen LogP contribution < -0.4 is 15.4 Å². The summed E-state index contributed by atoms with van der Waals surface area (Å²) in [6.07, 6.45) is 1.05. The summed E-state index contributed by atoms with van der Waals surface area (Å²) in [5, 5.41) is 6.44. The number of ether oxygens (including phenoxy) is 1. The zero-order valence-corrected chi connectivity index (χ0v) is 11.3. The molecule has 1 rings (SSSR count). The van der Waals surface area contributed by atoms with Gasteiger partial charge in [0.05, 0.1) is 6.54 Å². The van der Waals surface area contributed by atoms with Crippen molar-refractivity contribution in [1.82, 2.24) is 10.6 Å². The van der Waals surface area contributed by atoms with Gasteiger partial charge in [0.2, 0.25) is 0 Å². The van der Waals surface area contributed by atoms with Gasteiger partial charge in [-0.25, -0.2) is 0 Å². The average Bonchev–Trinajstić information content (AvgIpc) is 2.42. The van der Waals surface area contributed by atoms with Crippen molar-refractivity contribution in [1.29, 1.82) is 0 Å². The molecule has 0 spiro atoms. The van der Waals surface area contributed by atoms with E-state index in [0.717, 1.165) is 37.8 Å². The fourth-order valence-corrected chi connectivity index (χ4v) is 1.42. The highest BCUT2D eigenvalue weighted by molar-refractivity contribution is 5.79. The molecule has 0 aliphatic carbocycles. The fraction of sp³-hybridized carbons (Fsp3) is 0.500. The maximum atomic E-state index is 5.59. The number of nitrogens with one attached hydrogen (secondary N) is 2. The van der Waals surface area contributed by atoms with E-state index in [0.29, 0.717) is 6.61 Å². The first-order valence-corrected chi connectivity index (χ1v) is 6.56. The molecule has 0 amide bonds. The monoisotopic (exact) mass is 249 g/mol. The Bertz CT molecular complexity index is 338. The third kappa shape index (κ3) is 6.13. The molecule has 0 fully saturated rings. The molecule has 18 heavy (non-hydrogen) atoms. The van der Waals surface area contributed by atoms with Gasteiger partial charge in [-0.05, 0) is 25.5 Å². The lowest BCUT2D eigenvalue weighted by molar-refractivity contribution is 0.322. The van der Waals surface area contributed by atoms with Crippen molar-refractivity contribution in [2.75, 3.05) is 26.2 Å². The molecule has 0 saturated heterocycles. The Hall–Kier alpha value is -1.71. The minimum Gasteiger partial charge on any atom is -0.492 e. The minimum absolute atomic E-state index is 0.626. The van der Waals surface area contributed by atoms with Crippen LogP contribution in [0.2, 0.25) is 0 Å². The molecular formula is C14H23N3O. The van der Waals surface area contributed by atoms with Crippen LogP contribution in [0.5, 0.6) is 5.75 Å². The molecule has 2 N–H and O–H groups in total. The van der Waals surface area contributed by atoms with Crippen molar-refractivity contribution >= 4 is 5.96 Å². The summed E-state index contributed by atoms with van der Waals surface area (Å²) in [5.74, 6) is 1.76. The molecule has 4 nitrogen and oxygen atoms in total. The van der Waals surface area contributed by atoms with E-state index in [9.17, 15) is 0 Å². The number of hydrogen-bond acceptors (Lipinski definition) is 2. The summed E-state index contributed by atoms with van der Waals surface area (Å²) in [6.45, 7) is 7.25. The van der Waals surface area contributed by atoms with Gasteiger partial charge in [-0.15, -0.1) is 0 Å². The van der Waals surface area contributed by atoms with E-state index in [1.165, 1.54) is 0 Å². The molecule has 0 aromatic heterocycles. The molecule has 4 heteroatoms. The van der Waals surface area contributed by atoms with Gasteiger partial charge in [0.1, 0.15) is 12.4 Å². The number of rotatable bonds is 7. The summed E-state index contributed by atoms with van der Waals surface area (Å²) < 4.78 is 5.59. The first kappa shape index (κ1) is 14.4. The second-order valence-electron chi connectivity index (χ2n) is 3.85. The standard InChI is InChI=1S/C14H23N3O/c1-3-10-16-14(15-4-2)17-11-12-18-13-8-6-5-7-9-13/h5-9H,3-4,10-12H2,1-2H3,(H2,15,16,17). The minimum atomic E-state index is 0.626. The van der Waals surface area contributed by atoms with Crippen molar-refractivity contribution < 1.29 is 4.74 Å². The van der Waals surface area contributed by atoms with Crippen molar-refractivity contribution in [3.8, 4) is 5.75 Å². The molecule has 0 atom stereocenters. The smallest absolute Gasteiger partial charge is 0.191 e. The van der Waals surface area contributed by atoms with Gasteiger partial charge in [-0.2, -0.15) is 0 Å². The van der Waals surface area contributed by atoms with Gasteiger partial charge in [0.15, 0.2) is 5.96 Å². The van der Waals surface area contributed by atoms with E-state index < -0.39 is 0 Å². The number of para-hydroxylation sites is 1. The van der Waals surface area contributed by atoms with Crippen molar-refractivity contribution in [3.05, 3.63) is 30.3 Å². The summed E-state index contributed by atoms with van der Waals surface area (Å²) in [5.41, 5.74) is 0. The topological polar surface area (TPSA) is 45.7 Å². The average molecular weight is 249 g/mol. The Balaban J connectivity index is 2.22. The largest absolute Gasteiger partial charge is 0.492 e. The van der Waals surface area contributed by atoms with Crippen LogP contribution in [0.1, 0.15) is 20.3 Å². The maximum absolute atomic E-state index is 5.59. The van der Waals surface area contributed by atoms with Crippen LogP contribution in [-0.4, -0.2) is 32.2 Å². The van der Waals surface area contributed by atoms with Gasteiger partial charge >= 0.3 is 0 Å². The molecular weight excluding hydrogens is 226 g/mol. The third-order valence-electron chi connectivity index (χ3n) is 2.24. The Morgan fingerprint density at radius 2 is 1.94 bits per heavy atom. The SMILES string of the molecule is CCCN=C(NCC)NCCOc1ccccc1. The third-order valence-corrected chi connectivity index (χ3v) is 2.24. The number of nitrogens with zero attached hydrogens (tertiary/aromatic N) is 1. The van der Waals surface area contributed by atoms with Crippen LogP contribution in [0.4, 0.5) is 0 Å². The summed E-state index contributed by atoms with van der Waals surface area (Å²) in [4.78, 5) is 4.42. The van der Waals surface area contributed by atoms with Crippen molar-refractivity contribution in [3.63, 3.8) is 0 Å². The highest BCUT2D eigenvalue weighted by atomic mass is 16.5. The molecule has 1 aromatic carbocycles. The second-order valence-corrected chi connectivity index (χ2v) is 3.85. The van der Waals surface area contributed by atoms with Gasteiger partial charge in [0, 0.05) is 13.1 Å². The van der Waals surface area contributed by atoms with Gasteiger partial charge in [-0.1, -0.05) is 25.1 Å². The summed E-state index contributed by atoms with van der Waals surface area (Å²) >= 11 is 0. The molecule has 1 aromatic rings. The van der Waals surface area contributed by atoms with Crippen LogP contribution in [0.15, 0.2) is 35.3 Å². The van der Waals surface area contributed by atoms with Crippen LogP contribution >= 0.6 is 0 Å². The van der Waals surface area contributed by atoms with Gasteiger partial charge in [-0.3, -0.25) is 4.99 Å². The molecule has 0 radical (unpaired) electrons. The zero-order valence-electron chi connectivity index (χ0n) is 11.3. The number of aliphatic imine (C=N–C) groups is 1. The predicted molar refractivity (Wildman–Crippen MR) is 76.2 cm³/mol. The van der Waals surface area contributed by atoms with E-state index in [1.54, 1.807) is 0 Å². The second kappa shape index (κ2) is 9.33. The highest BCUT2D eigenvalue weighted by Gasteiger charge is 1.96. The Kier molecular flexibility index (Phi) is 7.44. The number of guanidine groups is 1. The molecule has 0 aliphatic heterocycles. The molecule has 0 heterocycles. The lowest BCUT2D eigenvalue weighted by Crippen LogP contribution is -2.39. The number of hydrogen-bond donors (Lipinski definition) is 2. The van der Waals surface area contributed by atoms with Crippen molar-refractivity contribution in [2.24, 2.45) is 4.99 Å². The van der Waals surface area contributed by atoms with Gasteiger partial charge in [0.25, 0.3) is 0 Å². The van der Waals surface area contributed by atoms with E-state index in [-0.39, 0.29) is 0 Å². The van der Waals surface area contributed by atoms with Crippen LogP contribution in [-0.2, 0) is 0 Å². The Morgan fingerprint density at radius 3 is 2.61 bits per heavy atom. The Morgan fingerprint density at radius 1 is 1.17 bits per heavy atom. The van der Waals surface area contributed by atoms with Crippen LogP contribution in [0, 0.1) is 0 Å². The normalized spacial score (nSPS) is 11.1. The number of benzene rings is 1. The lowest BCUT2D eigenvalue weighted by atomic mass is 10.3. The lowest BCUT2D eigenvalue weighted by Gasteiger charge is -2.11. The zero-order chi connectivity index (χ0) is 13.1. The molecule has 0 saturated carbocycles. The fourth-order valence-electron chi connectivity index (χ4n) is 1.42. The molecule has 0 bridgehead atoms. The maximum Gasteiger partial charge on any atom is 0.191 e. The first-order valence-electron chi connectivity index (χ1n) is 6.56. The first-order chi connectivity index (χ1) is 8.86. The Labute approximate surface area is 109 Å². The highest BCUT2D eigenvalue weighted by Crippen LogP contribution is 2.07. The molecule has 0 aliphatic rings.